The lowest BCUT2D eigenvalue weighted by Gasteiger charge is -2.38. The SMILES string of the molecule is Cc1cc(C(F)(F)F)cc(O)c1-c1ccc2cn([C@@H]3C[C@@H]4COC[C@@H]43)nc2n1. The molecule has 0 spiro atoms. The minimum atomic E-state index is -4.51. The topological polar surface area (TPSA) is 60.2 Å². The highest BCUT2D eigenvalue weighted by molar-refractivity contribution is 5.80. The van der Waals surface area contributed by atoms with E-state index < -0.39 is 17.5 Å². The molecule has 1 N–H and O–H groups in total. The van der Waals surface area contributed by atoms with Gasteiger partial charge in [-0.15, -0.1) is 0 Å². The van der Waals surface area contributed by atoms with Crippen LogP contribution in [0.4, 0.5) is 13.2 Å². The number of hydrogen-bond donors (Lipinski definition) is 1. The van der Waals surface area contributed by atoms with Crippen LogP contribution in [0.25, 0.3) is 22.3 Å². The quantitative estimate of drug-likeness (QED) is 0.708. The Morgan fingerprint density at radius 1 is 1.21 bits per heavy atom. The highest BCUT2D eigenvalue weighted by Crippen LogP contribution is 2.47. The van der Waals surface area contributed by atoms with Crippen molar-refractivity contribution in [3.8, 4) is 17.0 Å². The third kappa shape index (κ3) is 2.66. The average molecular weight is 389 g/mol. The Labute approximate surface area is 158 Å². The van der Waals surface area contributed by atoms with Gasteiger partial charge in [0.15, 0.2) is 5.65 Å². The number of phenolic OH excluding ortho intramolecular Hbond substituents is 1. The van der Waals surface area contributed by atoms with Crippen molar-refractivity contribution in [1.82, 2.24) is 14.8 Å². The fourth-order valence-corrected chi connectivity index (χ4v) is 4.37. The van der Waals surface area contributed by atoms with Gasteiger partial charge in [-0.3, -0.25) is 4.68 Å². The van der Waals surface area contributed by atoms with Crippen molar-refractivity contribution < 1.29 is 23.0 Å². The average Bonchev–Trinajstić information content (AvgIpc) is 3.17. The molecule has 0 bridgehead atoms. The van der Waals surface area contributed by atoms with Crippen molar-refractivity contribution in [2.75, 3.05) is 13.2 Å². The number of halogens is 3. The molecule has 1 saturated heterocycles. The molecule has 5 nitrogen and oxygen atoms in total. The molecule has 1 saturated carbocycles. The fourth-order valence-electron chi connectivity index (χ4n) is 4.37. The monoisotopic (exact) mass is 389 g/mol. The number of hydrogen-bond acceptors (Lipinski definition) is 4. The van der Waals surface area contributed by atoms with Gasteiger partial charge in [-0.25, -0.2) is 4.98 Å². The third-order valence-corrected chi connectivity index (χ3v) is 5.91. The standard InChI is InChI=1S/C20H18F3N3O2/c1-10-4-13(20(21,22)23)6-17(27)18(10)15-3-2-11-7-26(25-19(11)24-15)16-5-12-8-28-9-14(12)16/h2-4,6-7,12,14,16,27H,5,8-9H2,1H3/t12-,14+,16-/m1/s1. The van der Waals surface area contributed by atoms with E-state index in [1.807, 2.05) is 16.9 Å². The molecule has 0 amide bonds. The van der Waals surface area contributed by atoms with Crippen molar-refractivity contribution in [1.29, 1.82) is 0 Å². The zero-order valence-corrected chi connectivity index (χ0v) is 15.1. The minimum Gasteiger partial charge on any atom is -0.507 e. The first-order valence-electron chi connectivity index (χ1n) is 9.16. The Hall–Kier alpha value is -2.61. The molecule has 1 aliphatic carbocycles. The van der Waals surface area contributed by atoms with Crippen LogP contribution in [0.2, 0.25) is 0 Å². The second-order valence-corrected chi connectivity index (χ2v) is 7.67. The number of rotatable bonds is 2. The molecule has 2 fully saturated rings. The van der Waals surface area contributed by atoms with E-state index in [1.165, 1.54) is 6.92 Å². The van der Waals surface area contributed by atoms with Crippen molar-refractivity contribution in [2.45, 2.75) is 25.6 Å². The first kappa shape index (κ1) is 17.5. The lowest BCUT2D eigenvalue weighted by Crippen LogP contribution is -2.37. The fraction of sp³-hybridized carbons (Fsp3) is 0.400. The van der Waals surface area contributed by atoms with E-state index in [2.05, 4.69) is 10.1 Å². The van der Waals surface area contributed by atoms with Gasteiger partial charge in [0, 0.05) is 29.7 Å². The van der Waals surface area contributed by atoms with Gasteiger partial charge >= 0.3 is 6.18 Å². The van der Waals surface area contributed by atoms with Gasteiger partial charge in [-0.05, 0) is 49.1 Å². The van der Waals surface area contributed by atoms with Gasteiger partial charge in [0.1, 0.15) is 5.75 Å². The Kier molecular flexibility index (Phi) is 3.71. The second kappa shape index (κ2) is 5.94. The van der Waals surface area contributed by atoms with Gasteiger partial charge < -0.3 is 9.84 Å². The summed E-state index contributed by atoms with van der Waals surface area (Å²) in [4.78, 5) is 4.50. The molecule has 1 aromatic carbocycles. The van der Waals surface area contributed by atoms with Crippen molar-refractivity contribution >= 4 is 11.0 Å². The highest BCUT2D eigenvalue weighted by atomic mass is 19.4. The number of pyridine rings is 1. The van der Waals surface area contributed by atoms with Crippen molar-refractivity contribution in [3.05, 3.63) is 41.6 Å². The molecule has 0 radical (unpaired) electrons. The summed E-state index contributed by atoms with van der Waals surface area (Å²) >= 11 is 0. The van der Waals surface area contributed by atoms with Crippen LogP contribution in [0.5, 0.6) is 5.75 Å². The second-order valence-electron chi connectivity index (χ2n) is 7.67. The number of fused-ring (bicyclic) bond motifs is 2. The van der Waals surface area contributed by atoms with Crippen LogP contribution < -0.4 is 0 Å². The summed E-state index contributed by atoms with van der Waals surface area (Å²) in [6.45, 7) is 3.10. The molecular weight excluding hydrogens is 371 g/mol. The summed E-state index contributed by atoms with van der Waals surface area (Å²) in [5.41, 5.74) is 0.631. The molecule has 146 valence electrons. The zero-order chi connectivity index (χ0) is 19.6. The number of aromatic nitrogens is 3. The summed E-state index contributed by atoms with van der Waals surface area (Å²) in [6, 6.07) is 5.59. The molecule has 3 heterocycles. The Bertz CT molecular complexity index is 1050. The minimum absolute atomic E-state index is 0.289. The largest absolute Gasteiger partial charge is 0.507 e. The molecule has 2 aromatic heterocycles. The van der Waals surface area contributed by atoms with Crippen LogP contribution in [0, 0.1) is 18.8 Å². The smallest absolute Gasteiger partial charge is 0.416 e. The Morgan fingerprint density at radius 3 is 2.75 bits per heavy atom. The van der Waals surface area contributed by atoms with E-state index in [0.29, 0.717) is 34.8 Å². The van der Waals surface area contributed by atoms with Crippen LogP contribution in [0.15, 0.2) is 30.5 Å². The van der Waals surface area contributed by atoms with E-state index in [9.17, 15) is 18.3 Å². The summed E-state index contributed by atoms with van der Waals surface area (Å²) < 4.78 is 46.3. The maximum absolute atomic E-state index is 13.0. The van der Waals surface area contributed by atoms with E-state index in [4.69, 9.17) is 4.74 Å². The van der Waals surface area contributed by atoms with Crippen LogP contribution in [0.3, 0.4) is 0 Å². The zero-order valence-electron chi connectivity index (χ0n) is 15.1. The van der Waals surface area contributed by atoms with Gasteiger partial charge in [-0.1, -0.05) is 0 Å². The predicted molar refractivity (Wildman–Crippen MR) is 95.8 cm³/mol. The highest BCUT2D eigenvalue weighted by Gasteiger charge is 2.46. The summed E-state index contributed by atoms with van der Waals surface area (Å²) in [6.07, 6.45) is -1.53. The van der Waals surface area contributed by atoms with Crippen LogP contribution >= 0.6 is 0 Å². The number of aromatic hydroxyl groups is 1. The summed E-state index contributed by atoms with van der Waals surface area (Å²) in [5.74, 6) is 0.645. The number of benzene rings is 1. The predicted octanol–water partition coefficient (Wildman–Crippen LogP) is 4.34. The van der Waals surface area contributed by atoms with Gasteiger partial charge in [-0.2, -0.15) is 18.3 Å². The number of ether oxygens (including phenoxy) is 1. The number of nitrogens with zero attached hydrogens (tertiary/aromatic N) is 3. The summed E-state index contributed by atoms with van der Waals surface area (Å²) in [5, 5.41) is 15.7. The van der Waals surface area contributed by atoms with Gasteiger partial charge in [0.2, 0.25) is 0 Å². The maximum Gasteiger partial charge on any atom is 0.416 e. The van der Waals surface area contributed by atoms with Gasteiger partial charge in [0.25, 0.3) is 0 Å². The van der Waals surface area contributed by atoms with E-state index in [-0.39, 0.29) is 5.56 Å². The Balaban J connectivity index is 1.52. The normalized spacial score (nSPS) is 24.4. The first-order chi connectivity index (χ1) is 13.3. The third-order valence-electron chi connectivity index (χ3n) is 5.91. The molecular formula is C20H18F3N3O2. The van der Waals surface area contributed by atoms with Crippen LogP contribution in [-0.4, -0.2) is 33.1 Å². The molecule has 5 rings (SSSR count). The molecule has 8 heteroatoms. The van der Waals surface area contributed by atoms with Crippen LogP contribution in [0.1, 0.15) is 23.6 Å². The van der Waals surface area contributed by atoms with Crippen molar-refractivity contribution in [2.24, 2.45) is 11.8 Å². The van der Waals surface area contributed by atoms with Crippen LogP contribution in [-0.2, 0) is 10.9 Å². The molecule has 28 heavy (non-hydrogen) atoms. The lowest BCUT2D eigenvalue weighted by atomic mass is 9.71. The Morgan fingerprint density at radius 2 is 2.04 bits per heavy atom. The van der Waals surface area contributed by atoms with E-state index in [1.54, 1.807) is 6.07 Å². The lowest BCUT2D eigenvalue weighted by molar-refractivity contribution is -0.137. The maximum atomic E-state index is 13.0. The molecule has 3 aromatic rings. The number of aryl methyl sites for hydroxylation is 1. The molecule has 2 aliphatic rings. The number of phenols is 1. The number of alkyl halides is 3. The molecule has 0 unspecified atom stereocenters. The molecule has 3 atom stereocenters. The molecule has 1 aliphatic heterocycles. The first-order valence-corrected chi connectivity index (χ1v) is 9.16. The van der Waals surface area contributed by atoms with E-state index in [0.717, 1.165) is 37.2 Å². The van der Waals surface area contributed by atoms with Gasteiger partial charge in [0.05, 0.1) is 23.9 Å². The van der Waals surface area contributed by atoms with E-state index >= 15 is 0 Å². The summed E-state index contributed by atoms with van der Waals surface area (Å²) in [7, 11) is 0. The van der Waals surface area contributed by atoms with Crippen molar-refractivity contribution in [3.63, 3.8) is 0 Å².